The van der Waals surface area contributed by atoms with Crippen molar-refractivity contribution in [1.82, 2.24) is 25.8 Å². The number of aromatic nitrogens is 1. The van der Waals surface area contributed by atoms with Crippen LogP contribution in [0.25, 0.3) is 10.9 Å². The number of pyridine rings is 1. The van der Waals surface area contributed by atoms with E-state index in [9.17, 15) is 19.5 Å². The van der Waals surface area contributed by atoms with Crippen LogP contribution in [-0.4, -0.2) is 87.6 Å². The number of likely N-dealkylation sites (tertiary alicyclic amines) is 1. The van der Waals surface area contributed by atoms with Crippen molar-refractivity contribution < 1.29 is 19.5 Å². The summed E-state index contributed by atoms with van der Waals surface area (Å²) in [7, 11) is 0. The second kappa shape index (κ2) is 15.5. The van der Waals surface area contributed by atoms with Gasteiger partial charge < -0.3 is 21.1 Å². The van der Waals surface area contributed by atoms with E-state index in [0.29, 0.717) is 24.2 Å². The highest BCUT2D eigenvalue weighted by atomic mass is 32.2. The maximum absolute atomic E-state index is 13.7. The standard InChI is InChI=1S/C34H45N5O4S/c1-34(2,3)38-33(43)29-16-10-11-19-39(29)21-30(40)27(20-23-12-6-5-7-13-23)36-32(42)28(22-44-4)37-31(41)26-18-17-24-14-8-9-15-25(24)35-26/h5-9,12-15,17-18,27-30,40H,10-11,16,19-22H2,1-4H3,(H,36,42)(H,37,41)(H,38,43)/t27-,28-,29-,30+/m0/s1. The van der Waals surface area contributed by atoms with Gasteiger partial charge in [0.2, 0.25) is 11.8 Å². The van der Waals surface area contributed by atoms with Gasteiger partial charge in [-0.2, -0.15) is 11.8 Å². The normalized spacial score (nSPS) is 17.8. The number of hydrogen-bond donors (Lipinski definition) is 4. The fraction of sp³-hybridized carbons (Fsp3) is 0.471. The topological polar surface area (TPSA) is 124 Å². The summed E-state index contributed by atoms with van der Waals surface area (Å²) in [5.41, 5.74) is 1.53. The maximum Gasteiger partial charge on any atom is 0.270 e. The Balaban J connectivity index is 1.49. The molecule has 0 unspecified atom stereocenters. The molecule has 4 rings (SSSR count). The first-order valence-corrected chi connectivity index (χ1v) is 16.7. The molecule has 3 amide bonds. The molecule has 2 heterocycles. The van der Waals surface area contributed by atoms with Crippen LogP contribution in [-0.2, 0) is 16.0 Å². The lowest BCUT2D eigenvalue weighted by molar-refractivity contribution is -0.130. The fourth-order valence-corrected chi connectivity index (χ4v) is 6.10. The zero-order valence-electron chi connectivity index (χ0n) is 26.1. The lowest BCUT2D eigenvalue weighted by atomic mass is 9.96. The summed E-state index contributed by atoms with van der Waals surface area (Å²) >= 11 is 1.44. The smallest absolute Gasteiger partial charge is 0.270 e. The first kappa shape index (κ1) is 33.4. The number of β-amino-alcohol motifs (C(OH)–C–C–N with tert-alkyl or cyclic N) is 1. The number of hydrogen-bond acceptors (Lipinski definition) is 7. The lowest BCUT2D eigenvalue weighted by Crippen LogP contribution is -2.59. The minimum atomic E-state index is -0.949. The van der Waals surface area contributed by atoms with Crippen LogP contribution in [0.1, 0.15) is 56.1 Å². The van der Waals surface area contributed by atoms with Crippen LogP contribution >= 0.6 is 11.8 Å². The Labute approximate surface area is 264 Å². The van der Waals surface area contributed by atoms with E-state index in [0.717, 1.165) is 30.2 Å². The Bertz CT molecular complexity index is 1410. The van der Waals surface area contributed by atoms with Crippen LogP contribution in [0.15, 0.2) is 66.7 Å². The van der Waals surface area contributed by atoms with Gasteiger partial charge in [0.15, 0.2) is 0 Å². The molecule has 3 aromatic rings. The molecular weight excluding hydrogens is 574 g/mol. The van der Waals surface area contributed by atoms with Gasteiger partial charge in [-0.15, -0.1) is 0 Å². The van der Waals surface area contributed by atoms with Gasteiger partial charge in [-0.25, -0.2) is 4.98 Å². The summed E-state index contributed by atoms with van der Waals surface area (Å²) in [5.74, 6) is -0.515. The molecule has 0 aliphatic carbocycles. The number of thioether (sulfide) groups is 1. The number of fused-ring (bicyclic) bond motifs is 1. The average molecular weight is 620 g/mol. The highest BCUT2D eigenvalue weighted by Gasteiger charge is 2.34. The quantitative estimate of drug-likeness (QED) is 0.245. The van der Waals surface area contributed by atoms with Crippen LogP contribution in [0.3, 0.4) is 0 Å². The van der Waals surface area contributed by atoms with Gasteiger partial charge in [-0.05, 0) is 70.5 Å². The largest absolute Gasteiger partial charge is 0.390 e. The number of carbonyl (C=O) groups excluding carboxylic acids is 3. The molecule has 0 radical (unpaired) electrons. The second-order valence-electron chi connectivity index (χ2n) is 12.5. The van der Waals surface area contributed by atoms with Gasteiger partial charge in [-0.1, -0.05) is 61.0 Å². The predicted molar refractivity (Wildman–Crippen MR) is 177 cm³/mol. The third-order valence-electron chi connectivity index (χ3n) is 7.71. The highest BCUT2D eigenvalue weighted by molar-refractivity contribution is 7.98. The molecule has 4 N–H and O–H groups in total. The van der Waals surface area contributed by atoms with Gasteiger partial charge in [0.1, 0.15) is 11.7 Å². The summed E-state index contributed by atoms with van der Waals surface area (Å²) in [6, 6.07) is 18.9. The molecule has 0 saturated carbocycles. The Morgan fingerprint density at radius 3 is 2.45 bits per heavy atom. The van der Waals surface area contributed by atoms with E-state index >= 15 is 0 Å². The van der Waals surface area contributed by atoms with E-state index in [4.69, 9.17) is 0 Å². The average Bonchev–Trinajstić information content (AvgIpc) is 3.00. The minimum absolute atomic E-state index is 0.0434. The number of rotatable bonds is 12. The molecule has 0 bridgehead atoms. The molecule has 1 saturated heterocycles. The summed E-state index contributed by atoms with van der Waals surface area (Å²) in [6.07, 6.45) is 3.92. The first-order valence-electron chi connectivity index (χ1n) is 15.3. The third kappa shape index (κ3) is 9.51. The number of nitrogens with one attached hydrogen (secondary N) is 3. The predicted octanol–water partition coefficient (Wildman–Crippen LogP) is 3.55. The zero-order valence-corrected chi connectivity index (χ0v) is 26.9. The van der Waals surface area contributed by atoms with Crippen LogP contribution in [0.5, 0.6) is 0 Å². The molecule has 4 atom stereocenters. The molecule has 0 spiro atoms. The van der Waals surface area contributed by atoms with Crippen molar-refractivity contribution in [2.75, 3.05) is 25.1 Å². The monoisotopic (exact) mass is 619 g/mol. The SMILES string of the molecule is CSC[C@H](NC(=O)c1ccc2ccccc2n1)C(=O)N[C@@H](Cc1ccccc1)[C@H](O)CN1CCCC[C@H]1C(=O)NC(C)(C)C. The lowest BCUT2D eigenvalue weighted by Gasteiger charge is -2.39. The van der Waals surface area contributed by atoms with Gasteiger partial charge in [0.05, 0.1) is 23.7 Å². The molecule has 236 valence electrons. The van der Waals surface area contributed by atoms with E-state index in [1.807, 2.05) is 92.6 Å². The minimum Gasteiger partial charge on any atom is -0.390 e. The van der Waals surface area contributed by atoms with Gasteiger partial charge in [0, 0.05) is 23.2 Å². The van der Waals surface area contributed by atoms with Gasteiger partial charge in [0.25, 0.3) is 5.91 Å². The highest BCUT2D eigenvalue weighted by Crippen LogP contribution is 2.20. The number of carbonyl (C=O) groups is 3. The molecule has 1 aliphatic heterocycles. The Morgan fingerprint density at radius 1 is 1.00 bits per heavy atom. The fourth-order valence-electron chi connectivity index (χ4n) is 5.54. The Morgan fingerprint density at radius 2 is 1.73 bits per heavy atom. The van der Waals surface area contributed by atoms with Crippen LogP contribution in [0.4, 0.5) is 0 Å². The number of benzene rings is 2. The van der Waals surface area contributed by atoms with Crippen molar-refractivity contribution in [1.29, 1.82) is 0 Å². The van der Waals surface area contributed by atoms with Gasteiger partial charge in [-0.3, -0.25) is 19.3 Å². The number of para-hydroxylation sites is 1. The van der Waals surface area contributed by atoms with Crippen molar-refractivity contribution >= 4 is 40.4 Å². The zero-order chi connectivity index (χ0) is 31.7. The number of aliphatic hydroxyl groups excluding tert-OH is 1. The van der Waals surface area contributed by atoms with Crippen LogP contribution in [0, 0.1) is 0 Å². The van der Waals surface area contributed by atoms with Crippen molar-refractivity contribution in [2.24, 2.45) is 0 Å². The third-order valence-corrected chi connectivity index (χ3v) is 8.38. The second-order valence-corrected chi connectivity index (χ2v) is 13.4. The molecule has 9 nitrogen and oxygen atoms in total. The van der Waals surface area contributed by atoms with Crippen molar-refractivity contribution in [3.8, 4) is 0 Å². The summed E-state index contributed by atoms with van der Waals surface area (Å²) in [5, 5.41) is 21.5. The van der Waals surface area contributed by atoms with Gasteiger partial charge >= 0.3 is 0 Å². The number of aliphatic hydroxyl groups is 1. The summed E-state index contributed by atoms with van der Waals surface area (Å²) in [6.45, 7) is 6.80. The van der Waals surface area contributed by atoms with Crippen LogP contribution in [0.2, 0.25) is 0 Å². The van der Waals surface area contributed by atoms with Crippen molar-refractivity contribution in [2.45, 2.75) is 76.2 Å². The molecule has 44 heavy (non-hydrogen) atoms. The molecular formula is C34H45N5O4S. The summed E-state index contributed by atoms with van der Waals surface area (Å²) < 4.78 is 0. The van der Waals surface area contributed by atoms with E-state index in [-0.39, 0.29) is 35.6 Å². The first-order chi connectivity index (χ1) is 21.0. The van der Waals surface area contributed by atoms with E-state index < -0.39 is 24.1 Å². The van der Waals surface area contributed by atoms with Crippen molar-refractivity contribution in [3.63, 3.8) is 0 Å². The number of piperidine rings is 1. The summed E-state index contributed by atoms with van der Waals surface area (Å²) in [4.78, 5) is 46.5. The van der Waals surface area contributed by atoms with Crippen LogP contribution < -0.4 is 16.0 Å². The number of amides is 3. The van der Waals surface area contributed by atoms with E-state index in [1.54, 1.807) is 6.07 Å². The Kier molecular flexibility index (Phi) is 11.8. The maximum atomic E-state index is 13.7. The number of nitrogens with zero attached hydrogens (tertiary/aromatic N) is 2. The molecule has 10 heteroatoms. The van der Waals surface area contributed by atoms with E-state index in [2.05, 4.69) is 20.9 Å². The Hall–Kier alpha value is -3.47. The molecule has 1 fully saturated rings. The molecule has 2 aromatic carbocycles. The molecule has 1 aromatic heterocycles. The van der Waals surface area contributed by atoms with E-state index in [1.165, 1.54) is 11.8 Å². The van der Waals surface area contributed by atoms with Crippen molar-refractivity contribution in [3.05, 3.63) is 78.0 Å². The molecule has 1 aliphatic rings.